The summed E-state index contributed by atoms with van der Waals surface area (Å²) in [6.07, 6.45) is 4.78. The third kappa shape index (κ3) is 1.51. The Kier molecular flexibility index (Phi) is 2.34. The van der Waals surface area contributed by atoms with Crippen molar-refractivity contribution in [3.8, 4) is 0 Å². The molecule has 0 radical (unpaired) electrons. The molecule has 19 heavy (non-hydrogen) atoms. The van der Waals surface area contributed by atoms with E-state index in [1.54, 1.807) is 18.3 Å². The lowest BCUT2D eigenvalue weighted by Crippen LogP contribution is -2.12. The average molecular weight is 249 g/mol. The number of carbonyl (C=O) groups excluding carboxylic acids is 1. The van der Waals surface area contributed by atoms with Crippen molar-refractivity contribution in [2.45, 2.75) is 25.7 Å². The normalized spacial score (nSPS) is 19.9. The lowest BCUT2D eigenvalue weighted by atomic mass is 9.83. The summed E-state index contributed by atoms with van der Waals surface area (Å²) in [5.74, 6) is 1.15. The van der Waals surface area contributed by atoms with Gasteiger partial charge in [-0.2, -0.15) is 0 Å². The van der Waals surface area contributed by atoms with Gasteiger partial charge in [0.25, 0.3) is 7.11 Å². The van der Waals surface area contributed by atoms with E-state index >= 15 is 0 Å². The van der Waals surface area contributed by atoms with Crippen LogP contribution < -0.4 is 0 Å². The number of allylic oxidation sites excluding steroid dienone is 2. The number of benzene rings is 2. The summed E-state index contributed by atoms with van der Waals surface area (Å²) < 4.78 is 5.72. The fourth-order valence-corrected chi connectivity index (χ4v) is 3.61. The molecule has 2 aromatic carbocycles. The molecule has 2 aliphatic rings. The number of fused-ring (bicyclic) bond motifs is 4. The van der Waals surface area contributed by atoms with Crippen molar-refractivity contribution in [2.24, 2.45) is 0 Å². The molecule has 0 saturated carbocycles. The monoisotopic (exact) mass is 249 g/mol. The largest absolute Gasteiger partial charge is 0.331 e. The van der Waals surface area contributed by atoms with E-state index < -0.39 is 0 Å². The maximum Gasteiger partial charge on any atom is 0.331 e. The molecule has 2 aromatic rings. The molecular formula is C18H17O+. The lowest BCUT2D eigenvalue weighted by Gasteiger charge is -2.17. The highest BCUT2D eigenvalue weighted by atomic mass is 16.4. The Morgan fingerprint density at radius 3 is 2.79 bits per heavy atom. The highest BCUT2D eigenvalue weighted by Gasteiger charge is 2.33. The Morgan fingerprint density at radius 1 is 1.00 bits per heavy atom. The number of ketones is 1. The van der Waals surface area contributed by atoms with Gasteiger partial charge in [-0.3, -0.25) is 4.42 Å². The summed E-state index contributed by atoms with van der Waals surface area (Å²) in [4.78, 5) is 0. The van der Waals surface area contributed by atoms with Crippen LogP contribution in [0.15, 0.2) is 42.0 Å². The fourth-order valence-electron chi connectivity index (χ4n) is 3.61. The minimum Gasteiger partial charge on any atom is -0.261 e. The third-order valence-electron chi connectivity index (χ3n) is 4.49. The van der Waals surface area contributed by atoms with E-state index in [1.807, 2.05) is 0 Å². The molecule has 0 heterocycles. The van der Waals surface area contributed by atoms with Crippen LogP contribution in [0.25, 0.3) is 16.3 Å². The van der Waals surface area contributed by atoms with Gasteiger partial charge >= 0.3 is 5.78 Å². The molecule has 0 fully saturated rings. The van der Waals surface area contributed by atoms with Crippen molar-refractivity contribution < 1.29 is 4.42 Å². The zero-order valence-corrected chi connectivity index (χ0v) is 11.2. The number of rotatable bonds is 0. The van der Waals surface area contributed by atoms with E-state index in [0.29, 0.717) is 0 Å². The molecule has 2 aliphatic carbocycles. The SMILES string of the molecule is C[O+]=C1CC2=C(CCC2)c2ccc3ccccc3c21. The van der Waals surface area contributed by atoms with Gasteiger partial charge in [0.2, 0.25) is 0 Å². The van der Waals surface area contributed by atoms with Gasteiger partial charge in [0.15, 0.2) is 0 Å². The Morgan fingerprint density at radius 2 is 1.89 bits per heavy atom. The first kappa shape index (κ1) is 11.0. The summed E-state index contributed by atoms with van der Waals surface area (Å²) in [7, 11) is 1.81. The zero-order chi connectivity index (χ0) is 12.8. The van der Waals surface area contributed by atoms with E-state index in [9.17, 15) is 0 Å². The minimum atomic E-state index is 1.01. The topological polar surface area (TPSA) is 11.3 Å². The van der Waals surface area contributed by atoms with Gasteiger partial charge in [0.05, 0.1) is 12.0 Å². The fraction of sp³-hybridized carbons (Fsp3) is 0.278. The van der Waals surface area contributed by atoms with Crippen LogP contribution in [0.2, 0.25) is 0 Å². The predicted molar refractivity (Wildman–Crippen MR) is 79.6 cm³/mol. The summed E-state index contributed by atoms with van der Waals surface area (Å²) in [5.41, 5.74) is 5.93. The van der Waals surface area contributed by atoms with Crippen LogP contribution in [0.1, 0.15) is 41.2 Å². The first-order chi connectivity index (χ1) is 9.38. The highest BCUT2D eigenvalue weighted by Crippen LogP contribution is 2.43. The van der Waals surface area contributed by atoms with E-state index in [2.05, 4.69) is 36.4 Å². The van der Waals surface area contributed by atoms with Gasteiger partial charge in [-0.15, -0.1) is 0 Å². The van der Waals surface area contributed by atoms with Crippen molar-refractivity contribution >= 4 is 22.1 Å². The molecule has 1 heteroatoms. The molecule has 4 rings (SSSR count). The average Bonchev–Trinajstić information content (AvgIpc) is 2.94. The Bertz CT molecular complexity index is 734. The van der Waals surface area contributed by atoms with Crippen LogP contribution in [-0.4, -0.2) is 12.9 Å². The molecule has 0 bridgehead atoms. The van der Waals surface area contributed by atoms with Gasteiger partial charge in [-0.25, -0.2) is 0 Å². The Labute approximate surface area is 113 Å². The second-order valence-electron chi connectivity index (χ2n) is 5.45. The van der Waals surface area contributed by atoms with Crippen molar-refractivity contribution in [3.05, 3.63) is 53.1 Å². The van der Waals surface area contributed by atoms with Crippen molar-refractivity contribution in [3.63, 3.8) is 0 Å². The molecule has 0 aromatic heterocycles. The van der Waals surface area contributed by atoms with E-state index in [4.69, 9.17) is 4.42 Å². The van der Waals surface area contributed by atoms with Gasteiger partial charge in [-0.1, -0.05) is 42.0 Å². The van der Waals surface area contributed by atoms with Gasteiger partial charge in [0.1, 0.15) is 0 Å². The van der Waals surface area contributed by atoms with E-state index in [-0.39, 0.29) is 0 Å². The van der Waals surface area contributed by atoms with Gasteiger partial charge in [0, 0.05) is 0 Å². The van der Waals surface area contributed by atoms with E-state index in [1.165, 1.54) is 41.2 Å². The standard InChI is InChI=1S/C18H17O/c1-19-17-11-13-6-4-8-14(13)16-10-9-12-5-2-3-7-15(12)18(16)17/h2-3,5,7,9-10H,4,6,8,11H2,1H3/q+1. The third-order valence-corrected chi connectivity index (χ3v) is 4.49. The van der Waals surface area contributed by atoms with Crippen molar-refractivity contribution in [2.75, 3.05) is 7.11 Å². The maximum atomic E-state index is 5.72. The molecule has 94 valence electrons. The predicted octanol–water partition coefficient (Wildman–Crippen LogP) is 4.53. The Hall–Kier alpha value is -1.89. The molecule has 0 atom stereocenters. The van der Waals surface area contributed by atoms with Gasteiger partial charge < -0.3 is 0 Å². The highest BCUT2D eigenvalue weighted by molar-refractivity contribution is 6.15. The second-order valence-corrected chi connectivity index (χ2v) is 5.45. The molecule has 0 N–H and O–H groups in total. The first-order valence-corrected chi connectivity index (χ1v) is 7.01. The molecule has 1 nitrogen and oxygen atoms in total. The van der Waals surface area contributed by atoms with Crippen molar-refractivity contribution in [1.29, 1.82) is 0 Å². The zero-order valence-electron chi connectivity index (χ0n) is 11.2. The lowest BCUT2D eigenvalue weighted by molar-refractivity contribution is -0.225. The van der Waals surface area contributed by atoms with Crippen LogP contribution >= 0.6 is 0 Å². The van der Waals surface area contributed by atoms with Crippen LogP contribution in [0.5, 0.6) is 0 Å². The smallest absolute Gasteiger partial charge is 0.261 e. The molecule has 0 spiro atoms. The molecule has 0 amide bonds. The van der Waals surface area contributed by atoms with Crippen LogP contribution in [-0.2, 0) is 0 Å². The Balaban J connectivity index is 2.11. The van der Waals surface area contributed by atoms with Crippen LogP contribution in [0, 0.1) is 0 Å². The first-order valence-electron chi connectivity index (χ1n) is 7.01. The van der Waals surface area contributed by atoms with Crippen LogP contribution in [0.4, 0.5) is 0 Å². The van der Waals surface area contributed by atoms with Crippen molar-refractivity contribution in [1.82, 2.24) is 0 Å². The maximum absolute atomic E-state index is 5.72. The van der Waals surface area contributed by atoms with Gasteiger partial charge in [-0.05, 0) is 41.2 Å². The molecular weight excluding hydrogens is 232 g/mol. The molecule has 0 unspecified atom stereocenters. The summed E-state index contributed by atoms with van der Waals surface area (Å²) in [6, 6.07) is 13.2. The summed E-state index contributed by atoms with van der Waals surface area (Å²) in [5, 5.41) is 2.63. The second kappa shape index (κ2) is 4.06. The minimum absolute atomic E-state index is 1.01. The summed E-state index contributed by atoms with van der Waals surface area (Å²) >= 11 is 0. The molecule has 0 aliphatic heterocycles. The molecule has 0 saturated heterocycles. The summed E-state index contributed by atoms with van der Waals surface area (Å²) in [6.45, 7) is 0. The number of hydrogen-bond donors (Lipinski definition) is 0. The number of hydrogen-bond acceptors (Lipinski definition) is 0. The van der Waals surface area contributed by atoms with Crippen LogP contribution in [0.3, 0.4) is 0 Å². The quantitative estimate of drug-likeness (QED) is 0.608. The van der Waals surface area contributed by atoms with E-state index in [0.717, 1.165) is 12.2 Å².